The van der Waals surface area contributed by atoms with Crippen LogP contribution in [0.2, 0.25) is 0 Å². The molecule has 0 radical (unpaired) electrons. The van der Waals surface area contributed by atoms with Crippen LogP contribution < -0.4 is 10.1 Å². The first-order chi connectivity index (χ1) is 11.1. The number of nitrogens with zero attached hydrogens (tertiary/aromatic N) is 1. The standard InChI is InChI=1S/C17H24N2O4/c1-4-18-17(21)13-11-15(20)19(9-10-22-2)16(13)12-7-5-6-8-14(12)23-3/h5-8,13,16H,4,9-11H2,1-3H3,(H,18,21)/t13-,16+/m1/s1. The summed E-state index contributed by atoms with van der Waals surface area (Å²) < 4.78 is 10.5. The van der Waals surface area contributed by atoms with Gasteiger partial charge in [0.2, 0.25) is 11.8 Å². The molecule has 2 rings (SSSR count). The van der Waals surface area contributed by atoms with Gasteiger partial charge in [-0.15, -0.1) is 0 Å². The van der Waals surface area contributed by atoms with E-state index in [0.717, 1.165) is 5.56 Å². The van der Waals surface area contributed by atoms with E-state index in [2.05, 4.69) is 5.32 Å². The second-order valence-electron chi connectivity index (χ2n) is 5.47. The molecule has 0 spiro atoms. The van der Waals surface area contributed by atoms with Gasteiger partial charge in [-0.1, -0.05) is 18.2 Å². The van der Waals surface area contributed by atoms with E-state index in [9.17, 15) is 9.59 Å². The number of likely N-dealkylation sites (tertiary alicyclic amines) is 1. The first-order valence-corrected chi connectivity index (χ1v) is 7.83. The van der Waals surface area contributed by atoms with Crippen LogP contribution in [-0.4, -0.2) is 50.6 Å². The summed E-state index contributed by atoms with van der Waals surface area (Å²) in [7, 11) is 3.19. The van der Waals surface area contributed by atoms with E-state index in [0.29, 0.717) is 25.4 Å². The lowest BCUT2D eigenvalue weighted by molar-refractivity contribution is -0.129. The Balaban J connectivity index is 2.40. The molecular formula is C17H24N2O4. The number of methoxy groups -OCH3 is 2. The maximum absolute atomic E-state index is 12.4. The van der Waals surface area contributed by atoms with Gasteiger partial charge < -0.3 is 19.7 Å². The molecule has 2 amide bonds. The van der Waals surface area contributed by atoms with Gasteiger partial charge >= 0.3 is 0 Å². The highest BCUT2D eigenvalue weighted by atomic mass is 16.5. The average molecular weight is 320 g/mol. The molecule has 0 bridgehead atoms. The molecular weight excluding hydrogens is 296 g/mol. The van der Waals surface area contributed by atoms with Gasteiger partial charge in [-0.3, -0.25) is 9.59 Å². The second-order valence-corrected chi connectivity index (χ2v) is 5.47. The van der Waals surface area contributed by atoms with Crippen molar-refractivity contribution in [3.05, 3.63) is 29.8 Å². The van der Waals surface area contributed by atoms with Crippen LogP contribution in [0.4, 0.5) is 0 Å². The highest BCUT2D eigenvalue weighted by Crippen LogP contribution is 2.41. The topological polar surface area (TPSA) is 67.9 Å². The van der Waals surface area contributed by atoms with Crippen LogP contribution in [0.15, 0.2) is 24.3 Å². The van der Waals surface area contributed by atoms with Gasteiger partial charge in [0.05, 0.1) is 25.7 Å². The number of hydrogen-bond acceptors (Lipinski definition) is 4. The van der Waals surface area contributed by atoms with Crippen molar-refractivity contribution in [2.24, 2.45) is 5.92 Å². The zero-order valence-corrected chi connectivity index (χ0v) is 13.9. The van der Waals surface area contributed by atoms with E-state index in [1.165, 1.54) is 0 Å². The number of nitrogens with one attached hydrogen (secondary N) is 1. The van der Waals surface area contributed by atoms with E-state index in [1.807, 2.05) is 31.2 Å². The molecule has 1 N–H and O–H groups in total. The Morgan fingerprint density at radius 1 is 1.35 bits per heavy atom. The largest absolute Gasteiger partial charge is 0.496 e. The summed E-state index contributed by atoms with van der Waals surface area (Å²) in [4.78, 5) is 26.6. The molecule has 1 aliphatic rings. The number of benzene rings is 1. The third-order valence-corrected chi connectivity index (χ3v) is 4.11. The Labute approximate surface area is 136 Å². The molecule has 2 atom stereocenters. The maximum Gasteiger partial charge on any atom is 0.226 e. The van der Waals surface area contributed by atoms with Crippen molar-refractivity contribution in [2.45, 2.75) is 19.4 Å². The molecule has 6 heteroatoms. The van der Waals surface area contributed by atoms with E-state index in [-0.39, 0.29) is 24.3 Å². The Kier molecular flexibility index (Phi) is 5.98. The van der Waals surface area contributed by atoms with Gasteiger partial charge in [0.25, 0.3) is 0 Å². The minimum absolute atomic E-state index is 0.0331. The third kappa shape index (κ3) is 3.64. The predicted molar refractivity (Wildman–Crippen MR) is 86.1 cm³/mol. The van der Waals surface area contributed by atoms with Crippen molar-refractivity contribution in [2.75, 3.05) is 33.9 Å². The summed E-state index contributed by atoms with van der Waals surface area (Å²) >= 11 is 0. The lowest BCUT2D eigenvalue weighted by Gasteiger charge is -2.29. The fourth-order valence-electron chi connectivity index (χ4n) is 3.08. The second kappa shape index (κ2) is 7.97. The lowest BCUT2D eigenvalue weighted by atomic mass is 9.92. The van der Waals surface area contributed by atoms with Crippen molar-refractivity contribution < 1.29 is 19.1 Å². The van der Waals surface area contributed by atoms with E-state index < -0.39 is 5.92 Å². The fourth-order valence-corrected chi connectivity index (χ4v) is 3.08. The van der Waals surface area contributed by atoms with Gasteiger partial charge in [-0.2, -0.15) is 0 Å². The quantitative estimate of drug-likeness (QED) is 0.824. The van der Waals surface area contributed by atoms with Gasteiger partial charge in [0.1, 0.15) is 5.75 Å². The number of ether oxygens (including phenoxy) is 2. The van der Waals surface area contributed by atoms with Crippen molar-refractivity contribution >= 4 is 11.8 Å². The summed E-state index contributed by atoms with van der Waals surface area (Å²) in [6, 6.07) is 7.19. The van der Waals surface area contributed by atoms with Crippen molar-refractivity contribution in [1.29, 1.82) is 0 Å². The highest BCUT2D eigenvalue weighted by Gasteiger charge is 2.45. The number of amides is 2. The van der Waals surface area contributed by atoms with Crippen LogP contribution in [0.5, 0.6) is 5.75 Å². The molecule has 1 aromatic rings. The maximum atomic E-state index is 12.4. The zero-order chi connectivity index (χ0) is 16.8. The number of carbonyl (C=O) groups is 2. The Bertz CT molecular complexity index is 561. The summed E-state index contributed by atoms with van der Waals surface area (Å²) in [5, 5.41) is 2.83. The first kappa shape index (κ1) is 17.3. The molecule has 0 aliphatic carbocycles. The van der Waals surface area contributed by atoms with Crippen molar-refractivity contribution in [3.63, 3.8) is 0 Å². The molecule has 1 fully saturated rings. The van der Waals surface area contributed by atoms with Crippen LogP contribution in [0, 0.1) is 5.92 Å². The zero-order valence-electron chi connectivity index (χ0n) is 13.9. The molecule has 23 heavy (non-hydrogen) atoms. The summed E-state index contributed by atoms with van der Waals surface area (Å²) in [6.45, 7) is 3.29. The predicted octanol–water partition coefficient (Wildman–Crippen LogP) is 1.37. The monoisotopic (exact) mass is 320 g/mol. The van der Waals surface area contributed by atoms with Crippen LogP contribution in [0.25, 0.3) is 0 Å². The van der Waals surface area contributed by atoms with Gasteiger partial charge in [0, 0.05) is 32.2 Å². The average Bonchev–Trinajstić information content (AvgIpc) is 2.89. The van der Waals surface area contributed by atoms with Gasteiger partial charge in [-0.25, -0.2) is 0 Å². The minimum Gasteiger partial charge on any atom is -0.496 e. The number of rotatable bonds is 7. The van der Waals surface area contributed by atoms with Crippen LogP contribution >= 0.6 is 0 Å². The van der Waals surface area contributed by atoms with E-state index in [4.69, 9.17) is 9.47 Å². The highest BCUT2D eigenvalue weighted by molar-refractivity contribution is 5.90. The van der Waals surface area contributed by atoms with Gasteiger partial charge in [-0.05, 0) is 13.0 Å². The molecule has 6 nitrogen and oxygen atoms in total. The lowest BCUT2D eigenvalue weighted by Crippen LogP contribution is -2.37. The number of hydrogen-bond donors (Lipinski definition) is 1. The molecule has 0 aromatic heterocycles. The molecule has 0 saturated carbocycles. The SMILES string of the molecule is CCNC(=O)[C@@H]1CC(=O)N(CCOC)[C@H]1c1ccccc1OC. The Morgan fingerprint density at radius 2 is 2.09 bits per heavy atom. The third-order valence-electron chi connectivity index (χ3n) is 4.11. The first-order valence-electron chi connectivity index (χ1n) is 7.83. The smallest absolute Gasteiger partial charge is 0.226 e. The van der Waals surface area contributed by atoms with E-state index in [1.54, 1.807) is 19.1 Å². The number of carbonyl (C=O) groups excluding carboxylic acids is 2. The van der Waals surface area contributed by atoms with Crippen molar-refractivity contribution in [3.8, 4) is 5.75 Å². The Hall–Kier alpha value is -2.08. The normalized spacial score (nSPS) is 20.7. The van der Waals surface area contributed by atoms with Gasteiger partial charge in [0.15, 0.2) is 0 Å². The fraction of sp³-hybridized carbons (Fsp3) is 0.529. The molecule has 1 heterocycles. The molecule has 0 unspecified atom stereocenters. The molecule has 126 valence electrons. The van der Waals surface area contributed by atoms with Crippen LogP contribution in [0.1, 0.15) is 24.9 Å². The summed E-state index contributed by atoms with van der Waals surface area (Å²) in [6.07, 6.45) is 0.207. The summed E-state index contributed by atoms with van der Waals surface area (Å²) in [5.41, 5.74) is 0.855. The minimum atomic E-state index is -0.421. The molecule has 1 aliphatic heterocycles. The van der Waals surface area contributed by atoms with Crippen LogP contribution in [-0.2, 0) is 14.3 Å². The van der Waals surface area contributed by atoms with Crippen LogP contribution in [0.3, 0.4) is 0 Å². The molecule has 1 aromatic carbocycles. The van der Waals surface area contributed by atoms with E-state index >= 15 is 0 Å². The summed E-state index contributed by atoms with van der Waals surface area (Å²) in [5.74, 6) is 0.130. The Morgan fingerprint density at radius 3 is 2.74 bits per heavy atom. The molecule has 1 saturated heterocycles. The van der Waals surface area contributed by atoms with Crippen molar-refractivity contribution in [1.82, 2.24) is 10.2 Å². The number of para-hydroxylation sites is 1.